The van der Waals surface area contributed by atoms with E-state index in [0.717, 1.165) is 31.4 Å². The Labute approximate surface area is 92.9 Å². The second-order valence-electron chi connectivity index (χ2n) is 4.54. The van der Waals surface area contributed by atoms with Gasteiger partial charge in [-0.05, 0) is 39.0 Å². The predicted molar refractivity (Wildman–Crippen MR) is 64.5 cm³/mol. The first-order valence-corrected chi connectivity index (χ1v) is 5.96. The zero-order valence-electron chi connectivity index (χ0n) is 10.2. The zero-order chi connectivity index (χ0) is 11.3. The maximum absolute atomic E-state index is 5.53. The normalized spacial score (nSPS) is 17.0. The Balaban J connectivity index is 2.56. The monoisotopic (exact) mass is 212 g/mol. The van der Waals surface area contributed by atoms with Crippen molar-refractivity contribution in [3.05, 3.63) is 0 Å². The minimum Gasteiger partial charge on any atom is -0.339 e. The topological polar surface area (TPSA) is 53.6 Å². The van der Waals surface area contributed by atoms with E-state index in [4.69, 9.17) is 5.84 Å². The van der Waals surface area contributed by atoms with Gasteiger partial charge in [0.2, 0.25) is 5.96 Å². The molecule has 0 unspecified atom stereocenters. The van der Waals surface area contributed by atoms with Gasteiger partial charge in [0.15, 0.2) is 0 Å². The highest BCUT2D eigenvalue weighted by atomic mass is 15.4. The van der Waals surface area contributed by atoms with Crippen LogP contribution in [-0.4, -0.2) is 30.0 Å². The second kappa shape index (κ2) is 5.95. The van der Waals surface area contributed by atoms with Gasteiger partial charge in [0.25, 0.3) is 0 Å². The van der Waals surface area contributed by atoms with E-state index in [2.05, 4.69) is 36.1 Å². The first kappa shape index (κ1) is 12.3. The number of nitrogens with one attached hydrogen (secondary N) is 1. The molecule has 1 saturated carbocycles. The van der Waals surface area contributed by atoms with Crippen molar-refractivity contribution in [3.63, 3.8) is 0 Å². The van der Waals surface area contributed by atoms with Crippen molar-refractivity contribution < 1.29 is 0 Å². The lowest BCUT2D eigenvalue weighted by molar-refractivity contribution is 0.324. The molecule has 15 heavy (non-hydrogen) atoms. The SMILES string of the molecule is CCCN=C(NN)N(CC1CC1)C(C)C. The summed E-state index contributed by atoms with van der Waals surface area (Å²) in [5.41, 5.74) is 2.73. The molecule has 1 aliphatic carbocycles. The van der Waals surface area contributed by atoms with Gasteiger partial charge in [-0.2, -0.15) is 0 Å². The summed E-state index contributed by atoms with van der Waals surface area (Å²) >= 11 is 0. The molecule has 88 valence electrons. The van der Waals surface area contributed by atoms with Crippen molar-refractivity contribution in [2.45, 2.75) is 46.1 Å². The molecule has 1 rings (SSSR count). The number of hydrazine groups is 1. The number of nitrogens with two attached hydrogens (primary N) is 1. The third-order valence-corrected chi connectivity index (χ3v) is 2.66. The molecule has 0 spiro atoms. The van der Waals surface area contributed by atoms with Crippen molar-refractivity contribution >= 4 is 5.96 Å². The summed E-state index contributed by atoms with van der Waals surface area (Å²) in [5.74, 6) is 7.23. The summed E-state index contributed by atoms with van der Waals surface area (Å²) in [6, 6.07) is 0.456. The molecule has 0 bridgehead atoms. The van der Waals surface area contributed by atoms with Gasteiger partial charge in [0.1, 0.15) is 0 Å². The second-order valence-corrected chi connectivity index (χ2v) is 4.54. The number of nitrogens with zero attached hydrogens (tertiary/aromatic N) is 2. The van der Waals surface area contributed by atoms with Crippen LogP contribution in [0.2, 0.25) is 0 Å². The van der Waals surface area contributed by atoms with E-state index in [1.807, 2.05) is 0 Å². The van der Waals surface area contributed by atoms with Crippen LogP contribution in [0, 0.1) is 5.92 Å². The van der Waals surface area contributed by atoms with Gasteiger partial charge in [-0.3, -0.25) is 10.4 Å². The highest BCUT2D eigenvalue weighted by Gasteiger charge is 2.26. The van der Waals surface area contributed by atoms with Crippen LogP contribution in [0.1, 0.15) is 40.0 Å². The molecular formula is C11H24N4. The molecular weight excluding hydrogens is 188 g/mol. The van der Waals surface area contributed by atoms with Crippen LogP contribution >= 0.6 is 0 Å². The van der Waals surface area contributed by atoms with Gasteiger partial charge in [-0.1, -0.05) is 6.92 Å². The average Bonchev–Trinajstić information content (AvgIpc) is 3.00. The Morgan fingerprint density at radius 3 is 2.60 bits per heavy atom. The Morgan fingerprint density at radius 1 is 1.53 bits per heavy atom. The molecule has 0 saturated heterocycles. The average molecular weight is 212 g/mol. The highest BCUT2D eigenvalue weighted by molar-refractivity contribution is 5.79. The molecule has 0 aromatic carbocycles. The number of aliphatic imine (C=N–C) groups is 1. The predicted octanol–water partition coefficient (Wildman–Crippen LogP) is 1.34. The molecule has 0 heterocycles. The molecule has 0 aromatic heterocycles. The Morgan fingerprint density at radius 2 is 2.20 bits per heavy atom. The number of guanidine groups is 1. The van der Waals surface area contributed by atoms with Gasteiger partial charge < -0.3 is 4.90 Å². The van der Waals surface area contributed by atoms with Gasteiger partial charge in [-0.25, -0.2) is 5.84 Å². The molecule has 0 aromatic rings. The Hall–Kier alpha value is -0.770. The van der Waals surface area contributed by atoms with E-state index < -0.39 is 0 Å². The van der Waals surface area contributed by atoms with Crippen molar-refractivity contribution in [2.24, 2.45) is 16.8 Å². The van der Waals surface area contributed by atoms with Gasteiger partial charge in [0.05, 0.1) is 0 Å². The highest BCUT2D eigenvalue weighted by Crippen LogP contribution is 2.30. The van der Waals surface area contributed by atoms with Crippen molar-refractivity contribution in [3.8, 4) is 0 Å². The first-order valence-electron chi connectivity index (χ1n) is 5.96. The Bertz CT molecular complexity index is 209. The smallest absolute Gasteiger partial charge is 0.208 e. The lowest BCUT2D eigenvalue weighted by atomic mass is 10.3. The van der Waals surface area contributed by atoms with Gasteiger partial charge >= 0.3 is 0 Å². The molecule has 0 aliphatic heterocycles. The fourth-order valence-electron chi connectivity index (χ4n) is 1.56. The van der Waals surface area contributed by atoms with Crippen LogP contribution in [0.3, 0.4) is 0 Å². The third kappa shape index (κ3) is 4.08. The van der Waals surface area contributed by atoms with Crippen LogP contribution in [0.5, 0.6) is 0 Å². The van der Waals surface area contributed by atoms with Crippen LogP contribution < -0.4 is 11.3 Å². The first-order chi connectivity index (χ1) is 7.19. The van der Waals surface area contributed by atoms with Crippen molar-refractivity contribution in [1.29, 1.82) is 0 Å². The largest absolute Gasteiger partial charge is 0.339 e. The summed E-state index contributed by atoms with van der Waals surface area (Å²) in [5, 5.41) is 0. The molecule has 4 heteroatoms. The zero-order valence-corrected chi connectivity index (χ0v) is 10.2. The van der Waals surface area contributed by atoms with E-state index in [-0.39, 0.29) is 0 Å². The molecule has 3 N–H and O–H groups in total. The van der Waals surface area contributed by atoms with Crippen LogP contribution in [0.25, 0.3) is 0 Å². The van der Waals surface area contributed by atoms with E-state index in [1.165, 1.54) is 12.8 Å². The lowest BCUT2D eigenvalue weighted by Gasteiger charge is -2.29. The summed E-state index contributed by atoms with van der Waals surface area (Å²) in [4.78, 5) is 6.74. The molecule has 1 aliphatic rings. The maximum atomic E-state index is 5.53. The minimum absolute atomic E-state index is 0.456. The van der Waals surface area contributed by atoms with Crippen molar-refractivity contribution in [1.82, 2.24) is 10.3 Å². The number of hydrogen-bond donors (Lipinski definition) is 2. The lowest BCUT2D eigenvalue weighted by Crippen LogP contribution is -2.49. The van der Waals surface area contributed by atoms with E-state index in [0.29, 0.717) is 6.04 Å². The molecule has 1 fully saturated rings. The summed E-state index contributed by atoms with van der Waals surface area (Å²) in [7, 11) is 0. The fourth-order valence-corrected chi connectivity index (χ4v) is 1.56. The number of hydrogen-bond acceptors (Lipinski definition) is 2. The van der Waals surface area contributed by atoms with Gasteiger partial charge in [-0.15, -0.1) is 0 Å². The van der Waals surface area contributed by atoms with Gasteiger partial charge in [0, 0.05) is 19.1 Å². The molecule has 0 amide bonds. The Kier molecular flexibility index (Phi) is 4.88. The quantitative estimate of drug-likeness (QED) is 0.313. The van der Waals surface area contributed by atoms with E-state index >= 15 is 0 Å². The van der Waals surface area contributed by atoms with E-state index in [1.54, 1.807) is 0 Å². The minimum atomic E-state index is 0.456. The molecule has 0 radical (unpaired) electrons. The van der Waals surface area contributed by atoms with Crippen LogP contribution in [0.15, 0.2) is 4.99 Å². The molecule has 4 nitrogen and oxygen atoms in total. The fraction of sp³-hybridized carbons (Fsp3) is 0.909. The summed E-state index contributed by atoms with van der Waals surface area (Å²) in [6.07, 6.45) is 3.77. The third-order valence-electron chi connectivity index (χ3n) is 2.66. The van der Waals surface area contributed by atoms with E-state index in [9.17, 15) is 0 Å². The standard InChI is InChI=1S/C11H24N4/c1-4-7-13-11(14-12)15(9(2)3)8-10-5-6-10/h9-10H,4-8,12H2,1-3H3,(H,13,14). The maximum Gasteiger partial charge on any atom is 0.208 e. The summed E-state index contributed by atoms with van der Waals surface area (Å²) in [6.45, 7) is 8.42. The summed E-state index contributed by atoms with van der Waals surface area (Å²) < 4.78 is 0. The molecule has 0 atom stereocenters. The van der Waals surface area contributed by atoms with Crippen LogP contribution in [0.4, 0.5) is 0 Å². The van der Waals surface area contributed by atoms with Crippen molar-refractivity contribution in [2.75, 3.05) is 13.1 Å². The number of rotatable bonds is 5. The van der Waals surface area contributed by atoms with Crippen LogP contribution in [-0.2, 0) is 0 Å².